The SMILES string of the molecule is COc1cc(/C=C/C(=O)N2CCc3cc(S(C)(=O)=O)ccc32)cc(OC)c1OC. The third-order valence-electron chi connectivity index (χ3n) is 4.75. The highest BCUT2D eigenvalue weighted by Gasteiger charge is 2.24. The molecule has 0 N–H and O–H groups in total. The van der Waals surface area contributed by atoms with Crippen molar-refractivity contribution in [3.8, 4) is 17.2 Å². The second-order valence-electron chi connectivity index (χ2n) is 6.59. The van der Waals surface area contributed by atoms with E-state index in [4.69, 9.17) is 14.2 Å². The lowest BCUT2D eigenvalue weighted by atomic mass is 10.1. The second kappa shape index (κ2) is 8.16. The van der Waals surface area contributed by atoms with Gasteiger partial charge in [0, 0.05) is 24.6 Å². The minimum absolute atomic E-state index is 0.190. The monoisotopic (exact) mass is 417 g/mol. The zero-order valence-corrected chi connectivity index (χ0v) is 17.6. The molecule has 1 heterocycles. The Balaban J connectivity index is 1.85. The van der Waals surface area contributed by atoms with Crippen LogP contribution >= 0.6 is 0 Å². The van der Waals surface area contributed by atoms with Gasteiger partial charge in [0.05, 0.1) is 26.2 Å². The molecule has 7 nitrogen and oxygen atoms in total. The Morgan fingerprint density at radius 3 is 2.24 bits per heavy atom. The Labute approximate surface area is 170 Å². The van der Waals surface area contributed by atoms with Crippen LogP contribution in [0.3, 0.4) is 0 Å². The van der Waals surface area contributed by atoms with E-state index in [1.165, 1.54) is 39.7 Å². The molecule has 29 heavy (non-hydrogen) atoms. The molecule has 8 heteroatoms. The van der Waals surface area contributed by atoms with Crippen LogP contribution in [0, 0.1) is 0 Å². The van der Waals surface area contributed by atoms with E-state index in [0.29, 0.717) is 30.2 Å². The largest absolute Gasteiger partial charge is 0.493 e. The van der Waals surface area contributed by atoms with E-state index in [1.54, 1.807) is 35.2 Å². The summed E-state index contributed by atoms with van der Waals surface area (Å²) in [7, 11) is 1.31. The molecule has 1 aliphatic rings. The van der Waals surface area contributed by atoms with Crippen molar-refractivity contribution in [2.45, 2.75) is 11.3 Å². The fourth-order valence-electron chi connectivity index (χ4n) is 3.29. The lowest BCUT2D eigenvalue weighted by Crippen LogP contribution is -2.26. The number of carbonyl (C=O) groups is 1. The standard InChI is InChI=1S/C21H23NO6S/c1-26-18-11-14(12-19(27-2)21(18)28-3)5-8-20(23)22-10-9-15-13-16(29(4,24)25)6-7-17(15)22/h5-8,11-13H,9-10H2,1-4H3/b8-5+. The van der Waals surface area contributed by atoms with Gasteiger partial charge >= 0.3 is 0 Å². The molecule has 3 rings (SSSR count). The summed E-state index contributed by atoms with van der Waals surface area (Å²) in [5, 5.41) is 0. The van der Waals surface area contributed by atoms with Gasteiger partial charge in [-0.15, -0.1) is 0 Å². The number of ether oxygens (including phenoxy) is 3. The van der Waals surface area contributed by atoms with Crippen molar-refractivity contribution < 1.29 is 27.4 Å². The molecule has 0 spiro atoms. The minimum atomic E-state index is -3.28. The smallest absolute Gasteiger partial charge is 0.251 e. The lowest BCUT2D eigenvalue weighted by Gasteiger charge is -2.15. The fraction of sp³-hybridized carbons (Fsp3) is 0.286. The molecule has 0 radical (unpaired) electrons. The molecule has 0 fully saturated rings. The molecule has 0 saturated carbocycles. The topological polar surface area (TPSA) is 82.1 Å². The maximum absolute atomic E-state index is 12.7. The molecule has 2 aromatic carbocycles. The van der Waals surface area contributed by atoms with Crippen molar-refractivity contribution >= 4 is 27.5 Å². The molecule has 0 atom stereocenters. The summed E-state index contributed by atoms with van der Waals surface area (Å²) in [6.45, 7) is 0.501. The van der Waals surface area contributed by atoms with Gasteiger partial charge in [0.25, 0.3) is 5.91 Å². The lowest BCUT2D eigenvalue weighted by molar-refractivity contribution is -0.114. The normalized spacial score (nSPS) is 13.4. The van der Waals surface area contributed by atoms with Gasteiger partial charge in [-0.1, -0.05) is 0 Å². The average Bonchev–Trinajstić information content (AvgIpc) is 3.13. The third-order valence-corrected chi connectivity index (χ3v) is 5.86. The van der Waals surface area contributed by atoms with Crippen LogP contribution in [0.25, 0.3) is 6.08 Å². The molecule has 154 valence electrons. The van der Waals surface area contributed by atoms with Crippen LogP contribution in [0.1, 0.15) is 11.1 Å². The first kappa shape index (κ1) is 20.7. The van der Waals surface area contributed by atoms with Gasteiger partial charge in [0.15, 0.2) is 21.3 Å². The highest BCUT2D eigenvalue weighted by atomic mass is 32.2. The number of rotatable bonds is 6. The van der Waals surface area contributed by atoms with E-state index in [1.807, 2.05) is 0 Å². The number of fused-ring (bicyclic) bond motifs is 1. The Morgan fingerprint density at radius 2 is 1.69 bits per heavy atom. The summed E-state index contributed by atoms with van der Waals surface area (Å²) in [6.07, 6.45) is 4.94. The zero-order valence-electron chi connectivity index (χ0n) is 16.8. The van der Waals surface area contributed by atoms with Gasteiger partial charge < -0.3 is 19.1 Å². The van der Waals surface area contributed by atoms with Gasteiger partial charge in [-0.25, -0.2) is 8.42 Å². The van der Waals surface area contributed by atoms with Crippen molar-refractivity contribution in [3.63, 3.8) is 0 Å². The van der Waals surface area contributed by atoms with Crippen LogP contribution in [0.2, 0.25) is 0 Å². The van der Waals surface area contributed by atoms with Crippen molar-refractivity contribution in [1.82, 2.24) is 0 Å². The number of methoxy groups -OCH3 is 3. The Kier molecular flexibility index (Phi) is 5.83. The molecule has 1 aliphatic heterocycles. The van der Waals surface area contributed by atoms with Gasteiger partial charge in [0.2, 0.25) is 5.75 Å². The maximum atomic E-state index is 12.7. The molecular formula is C21H23NO6S. The molecule has 0 unspecified atom stereocenters. The summed E-state index contributed by atoms with van der Waals surface area (Å²) in [4.78, 5) is 14.6. The maximum Gasteiger partial charge on any atom is 0.251 e. The minimum Gasteiger partial charge on any atom is -0.493 e. The summed E-state index contributed by atoms with van der Waals surface area (Å²) in [5.74, 6) is 1.29. The van der Waals surface area contributed by atoms with E-state index < -0.39 is 9.84 Å². The number of hydrogen-bond acceptors (Lipinski definition) is 6. The van der Waals surface area contributed by atoms with Gasteiger partial charge in [0.1, 0.15) is 0 Å². The van der Waals surface area contributed by atoms with Crippen molar-refractivity contribution in [2.24, 2.45) is 0 Å². The summed E-state index contributed by atoms with van der Waals surface area (Å²) in [6, 6.07) is 8.36. The molecule has 0 saturated heterocycles. The molecular weight excluding hydrogens is 394 g/mol. The van der Waals surface area contributed by atoms with Crippen LogP contribution in [0.15, 0.2) is 41.3 Å². The number of amides is 1. The van der Waals surface area contributed by atoms with E-state index in [-0.39, 0.29) is 10.8 Å². The summed E-state index contributed by atoms with van der Waals surface area (Å²) in [5.41, 5.74) is 2.30. The number of nitrogens with zero attached hydrogens (tertiary/aromatic N) is 1. The van der Waals surface area contributed by atoms with Gasteiger partial charge in [-0.05, 0) is 54.0 Å². The van der Waals surface area contributed by atoms with Crippen LogP contribution in [0.5, 0.6) is 17.2 Å². The Morgan fingerprint density at radius 1 is 1.03 bits per heavy atom. The van der Waals surface area contributed by atoms with Crippen molar-refractivity contribution in [2.75, 3.05) is 39.0 Å². The Hall–Kier alpha value is -3.00. The molecule has 2 aromatic rings. The number of anilines is 1. The van der Waals surface area contributed by atoms with Crippen LogP contribution in [0.4, 0.5) is 5.69 Å². The second-order valence-corrected chi connectivity index (χ2v) is 8.61. The van der Waals surface area contributed by atoms with Gasteiger partial charge in [-0.3, -0.25) is 4.79 Å². The third kappa shape index (κ3) is 4.22. The van der Waals surface area contributed by atoms with E-state index in [0.717, 1.165) is 16.8 Å². The van der Waals surface area contributed by atoms with Crippen LogP contribution in [-0.2, 0) is 21.1 Å². The number of carbonyl (C=O) groups excluding carboxylic acids is 1. The fourth-order valence-corrected chi connectivity index (χ4v) is 3.96. The average molecular weight is 417 g/mol. The van der Waals surface area contributed by atoms with Crippen LogP contribution in [-0.4, -0.2) is 48.5 Å². The molecule has 0 aliphatic carbocycles. The highest BCUT2D eigenvalue weighted by molar-refractivity contribution is 7.90. The summed E-state index contributed by atoms with van der Waals surface area (Å²) >= 11 is 0. The molecule has 0 aromatic heterocycles. The first-order valence-electron chi connectivity index (χ1n) is 8.91. The Bertz CT molecular complexity index is 1050. The van der Waals surface area contributed by atoms with Crippen molar-refractivity contribution in [1.29, 1.82) is 0 Å². The number of hydrogen-bond donors (Lipinski definition) is 0. The van der Waals surface area contributed by atoms with E-state index in [9.17, 15) is 13.2 Å². The zero-order chi connectivity index (χ0) is 21.2. The highest BCUT2D eigenvalue weighted by Crippen LogP contribution is 2.38. The number of benzene rings is 2. The van der Waals surface area contributed by atoms with Gasteiger partial charge in [-0.2, -0.15) is 0 Å². The van der Waals surface area contributed by atoms with Crippen molar-refractivity contribution in [3.05, 3.63) is 47.5 Å². The van der Waals surface area contributed by atoms with E-state index >= 15 is 0 Å². The molecule has 1 amide bonds. The first-order chi connectivity index (χ1) is 13.8. The first-order valence-corrected chi connectivity index (χ1v) is 10.8. The quantitative estimate of drug-likeness (QED) is 0.672. The number of sulfone groups is 1. The van der Waals surface area contributed by atoms with Crippen LogP contribution < -0.4 is 19.1 Å². The molecule has 0 bridgehead atoms. The predicted octanol–water partition coefficient (Wildman–Crippen LogP) is 2.72. The summed E-state index contributed by atoms with van der Waals surface area (Å²) < 4.78 is 39.4. The van der Waals surface area contributed by atoms with E-state index in [2.05, 4.69) is 0 Å². The predicted molar refractivity (Wildman–Crippen MR) is 111 cm³/mol.